The van der Waals surface area contributed by atoms with Crippen molar-refractivity contribution >= 4 is 39.1 Å². The third-order valence-corrected chi connectivity index (χ3v) is 5.62. The summed E-state index contributed by atoms with van der Waals surface area (Å²) in [6.07, 6.45) is 6.52. The van der Waals surface area contributed by atoms with Gasteiger partial charge in [0.2, 0.25) is 0 Å². The zero-order valence-corrected chi connectivity index (χ0v) is 13.6. The van der Waals surface area contributed by atoms with E-state index in [1.165, 1.54) is 31.2 Å². The Morgan fingerprint density at radius 3 is 2.39 bits per heavy atom. The normalized spacial score (nSPS) is 17.3. The summed E-state index contributed by atoms with van der Waals surface area (Å²) in [6, 6.07) is 8.44. The van der Waals surface area contributed by atoms with Gasteiger partial charge in [0.1, 0.15) is 0 Å². The Balaban J connectivity index is 2.24. The second-order valence-corrected chi connectivity index (χ2v) is 6.86. The Bertz CT molecular complexity index is 382. The van der Waals surface area contributed by atoms with Gasteiger partial charge >= 0.3 is 0 Å². The van der Waals surface area contributed by atoms with Gasteiger partial charge in [-0.05, 0) is 30.0 Å². The number of hydrogen-bond donors (Lipinski definition) is 0. The van der Waals surface area contributed by atoms with Crippen molar-refractivity contribution in [3.8, 4) is 0 Å². The van der Waals surface area contributed by atoms with Crippen LogP contribution in [0.1, 0.15) is 37.7 Å². The van der Waals surface area contributed by atoms with Crippen molar-refractivity contribution in [2.45, 2.75) is 37.5 Å². The molecule has 1 aliphatic carbocycles. The molecule has 0 bridgehead atoms. The molecule has 0 nitrogen and oxygen atoms in total. The largest absolute Gasteiger partial charge is 0.126 e. The number of benzene rings is 1. The third kappa shape index (κ3) is 3.23. The summed E-state index contributed by atoms with van der Waals surface area (Å²) in [7, 11) is 0. The molecule has 0 radical (unpaired) electrons. The van der Waals surface area contributed by atoms with Crippen molar-refractivity contribution in [3.63, 3.8) is 0 Å². The molecular weight excluding hydrogens is 331 g/mol. The smallest absolute Gasteiger partial charge is 0.0332 e. The average molecular weight is 350 g/mol. The first-order valence-corrected chi connectivity index (χ1v) is 8.44. The summed E-state index contributed by atoms with van der Waals surface area (Å²) in [5.41, 5.74) is 1.20. The van der Waals surface area contributed by atoms with Crippen LogP contribution in [0.2, 0.25) is 0 Å². The fourth-order valence-electron chi connectivity index (χ4n) is 3.00. The predicted octanol–water partition coefficient (Wildman–Crippen LogP) is 5.74. The van der Waals surface area contributed by atoms with E-state index < -0.39 is 0 Å². The van der Waals surface area contributed by atoms with Gasteiger partial charge in [0.25, 0.3) is 0 Å². The van der Waals surface area contributed by atoms with Crippen molar-refractivity contribution in [1.82, 2.24) is 0 Å². The molecule has 0 amide bonds. The lowest BCUT2D eigenvalue weighted by molar-refractivity contribution is 0.372. The summed E-state index contributed by atoms with van der Waals surface area (Å²) >= 11 is 16.1. The molecular formula is C15H19BrCl2. The van der Waals surface area contributed by atoms with E-state index in [9.17, 15) is 0 Å². The van der Waals surface area contributed by atoms with Crippen LogP contribution in [-0.4, -0.2) is 11.8 Å². The third-order valence-electron chi connectivity index (χ3n) is 4.10. The lowest BCUT2D eigenvalue weighted by Crippen LogP contribution is -2.33. The fourth-order valence-corrected chi connectivity index (χ4v) is 4.21. The topological polar surface area (TPSA) is 0 Å². The van der Waals surface area contributed by atoms with Crippen molar-refractivity contribution < 1.29 is 0 Å². The summed E-state index contributed by atoms with van der Waals surface area (Å²) in [5, 5.41) is 0. The van der Waals surface area contributed by atoms with Crippen LogP contribution in [0, 0.1) is 5.92 Å². The van der Waals surface area contributed by atoms with Crippen LogP contribution in [0.25, 0.3) is 0 Å². The van der Waals surface area contributed by atoms with Crippen LogP contribution in [0.4, 0.5) is 0 Å². The van der Waals surface area contributed by atoms with E-state index >= 15 is 0 Å². The predicted molar refractivity (Wildman–Crippen MR) is 83.8 cm³/mol. The Hall–Kier alpha value is 0.280. The van der Waals surface area contributed by atoms with Crippen molar-refractivity contribution in [3.05, 3.63) is 34.3 Å². The van der Waals surface area contributed by atoms with Gasteiger partial charge in [-0.25, -0.2) is 0 Å². The van der Waals surface area contributed by atoms with Gasteiger partial charge in [-0.2, -0.15) is 0 Å². The maximum atomic E-state index is 6.29. The molecule has 1 aromatic carbocycles. The number of hydrogen-bond acceptors (Lipinski definition) is 0. The molecule has 1 saturated carbocycles. The Morgan fingerprint density at radius 2 is 1.83 bits per heavy atom. The van der Waals surface area contributed by atoms with Gasteiger partial charge in [0.05, 0.1) is 0 Å². The molecule has 0 saturated heterocycles. The quantitative estimate of drug-likeness (QED) is 0.594. The van der Waals surface area contributed by atoms with E-state index in [0.717, 1.165) is 16.8 Å². The highest BCUT2D eigenvalue weighted by Crippen LogP contribution is 2.40. The van der Waals surface area contributed by atoms with E-state index in [1.54, 1.807) is 0 Å². The molecule has 0 unspecified atom stereocenters. The minimum Gasteiger partial charge on any atom is -0.126 e. The zero-order valence-electron chi connectivity index (χ0n) is 10.5. The van der Waals surface area contributed by atoms with Crippen LogP contribution in [-0.2, 0) is 5.41 Å². The second-order valence-electron chi connectivity index (χ2n) is 5.41. The standard InChI is InChI=1S/C15H19BrCl2/c16-14-7-3-6-13(8-14)15(10-17,11-18)9-12-4-1-2-5-12/h3,6-8,12H,1-2,4-5,9-11H2. The lowest BCUT2D eigenvalue weighted by atomic mass is 9.76. The van der Waals surface area contributed by atoms with Crippen LogP contribution in [0.15, 0.2) is 28.7 Å². The first kappa shape index (κ1) is 14.7. The first-order valence-electron chi connectivity index (χ1n) is 6.58. The summed E-state index contributed by atoms with van der Waals surface area (Å²) in [4.78, 5) is 0. The molecule has 0 heterocycles. The van der Waals surface area contributed by atoms with E-state index in [1.807, 2.05) is 6.07 Å². The van der Waals surface area contributed by atoms with E-state index in [2.05, 4.69) is 34.1 Å². The average Bonchev–Trinajstić information content (AvgIpc) is 2.89. The number of rotatable bonds is 5. The number of halogens is 3. The van der Waals surface area contributed by atoms with E-state index in [-0.39, 0.29) is 5.41 Å². The fraction of sp³-hybridized carbons (Fsp3) is 0.600. The first-order chi connectivity index (χ1) is 8.70. The summed E-state index contributed by atoms with van der Waals surface area (Å²) in [5.74, 6) is 1.99. The second kappa shape index (κ2) is 6.63. The highest BCUT2D eigenvalue weighted by molar-refractivity contribution is 9.10. The molecule has 3 heteroatoms. The van der Waals surface area contributed by atoms with E-state index in [0.29, 0.717) is 11.8 Å². The summed E-state index contributed by atoms with van der Waals surface area (Å²) < 4.78 is 1.10. The molecule has 2 rings (SSSR count). The highest BCUT2D eigenvalue weighted by atomic mass is 79.9. The lowest BCUT2D eigenvalue weighted by Gasteiger charge is -2.33. The van der Waals surface area contributed by atoms with Gasteiger partial charge in [-0.1, -0.05) is 53.7 Å². The minimum atomic E-state index is -0.0676. The molecule has 0 spiro atoms. The molecule has 1 aromatic rings. The molecule has 0 atom stereocenters. The molecule has 100 valence electrons. The number of alkyl halides is 2. The minimum absolute atomic E-state index is 0.0676. The van der Waals surface area contributed by atoms with Gasteiger partial charge < -0.3 is 0 Å². The Morgan fingerprint density at radius 1 is 1.17 bits per heavy atom. The Labute approximate surface area is 128 Å². The maximum absolute atomic E-state index is 6.29. The molecule has 0 aliphatic heterocycles. The monoisotopic (exact) mass is 348 g/mol. The van der Waals surface area contributed by atoms with Crippen molar-refractivity contribution in [1.29, 1.82) is 0 Å². The van der Waals surface area contributed by atoms with Crippen LogP contribution < -0.4 is 0 Å². The molecule has 0 aromatic heterocycles. The van der Waals surface area contributed by atoms with Crippen LogP contribution in [0.5, 0.6) is 0 Å². The maximum Gasteiger partial charge on any atom is 0.0332 e. The van der Waals surface area contributed by atoms with Crippen LogP contribution >= 0.6 is 39.1 Å². The summed E-state index contributed by atoms with van der Waals surface area (Å²) in [6.45, 7) is 0. The van der Waals surface area contributed by atoms with Crippen LogP contribution in [0.3, 0.4) is 0 Å². The van der Waals surface area contributed by atoms with Crippen molar-refractivity contribution in [2.75, 3.05) is 11.8 Å². The zero-order chi connectivity index (χ0) is 13.0. The van der Waals surface area contributed by atoms with Gasteiger partial charge in [-0.15, -0.1) is 23.2 Å². The molecule has 18 heavy (non-hydrogen) atoms. The van der Waals surface area contributed by atoms with Gasteiger partial charge in [-0.3, -0.25) is 0 Å². The molecule has 1 fully saturated rings. The SMILES string of the molecule is ClCC(CCl)(CC1CCCC1)c1cccc(Br)c1. The highest BCUT2D eigenvalue weighted by Gasteiger charge is 2.34. The van der Waals surface area contributed by atoms with E-state index in [4.69, 9.17) is 23.2 Å². The molecule has 0 N–H and O–H groups in total. The molecule has 1 aliphatic rings. The van der Waals surface area contributed by atoms with Gasteiger partial charge in [0.15, 0.2) is 0 Å². The van der Waals surface area contributed by atoms with Crippen molar-refractivity contribution in [2.24, 2.45) is 5.92 Å². The Kier molecular flexibility index (Phi) is 5.41. The van der Waals surface area contributed by atoms with Gasteiger partial charge in [0, 0.05) is 21.6 Å².